The Hall–Kier alpha value is -3.26. The van der Waals surface area contributed by atoms with E-state index in [1.54, 1.807) is 55.7 Å². The first-order chi connectivity index (χ1) is 13.1. The molecule has 0 saturated carbocycles. The zero-order valence-electron chi connectivity index (χ0n) is 15.8. The molecule has 5 nitrogen and oxygen atoms in total. The third-order valence-electron chi connectivity index (χ3n) is 3.95. The minimum Gasteiger partial charge on any atom is -0.497 e. The van der Waals surface area contributed by atoms with Crippen molar-refractivity contribution in [3.63, 3.8) is 0 Å². The van der Waals surface area contributed by atoms with Crippen LogP contribution in [0.3, 0.4) is 0 Å². The molecule has 2 rings (SSSR count). The summed E-state index contributed by atoms with van der Waals surface area (Å²) < 4.78 is 16.2. The second-order valence-corrected chi connectivity index (χ2v) is 5.84. The van der Waals surface area contributed by atoms with Crippen LogP contribution in [-0.4, -0.2) is 26.6 Å². The third kappa shape index (κ3) is 5.35. The Balaban J connectivity index is 2.28. The van der Waals surface area contributed by atoms with Crippen LogP contribution < -0.4 is 14.2 Å². The molecule has 0 aliphatic carbocycles. The highest BCUT2D eigenvalue weighted by atomic mass is 16.5. The van der Waals surface area contributed by atoms with Crippen molar-refractivity contribution in [2.24, 2.45) is 0 Å². The Labute approximate surface area is 159 Å². The van der Waals surface area contributed by atoms with Crippen LogP contribution in [0.5, 0.6) is 17.2 Å². The molecule has 0 heterocycles. The van der Waals surface area contributed by atoms with Crippen LogP contribution in [-0.2, 0) is 0 Å². The first-order valence-electron chi connectivity index (χ1n) is 8.74. The molecule has 0 aliphatic rings. The van der Waals surface area contributed by atoms with Gasteiger partial charge in [-0.15, -0.1) is 0 Å². The maximum absolute atomic E-state index is 12.6. The lowest BCUT2D eigenvalue weighted by molar-refractivity contribution is 0.103. The fraction of sp³-hybridized carbons (Fsp3) is 0.273. The highest BCUT2D eigenvalue weighted by molar-refractivity contribution is 6.14. The number of hydrogen-bond donors (Lipinski definition) is 0. The van der Waals surface area contributed by atoms with Crippen molar-refractivity contribution in [1.82, 2.24) is 0 Å². The lowest BCUT2D eigenvalue weighted by Crippen LogP contribution is -2.02. The molecular formula is C22H23NO4. The molecule has 0 atom stereocenters. The fourth-order valence-electron chi connectivity index (χ4n) is 2.45. The van der Waals surface area contributed by atoms with Gasteiger partial charge in [0.1, 0.15) is 17.4 Å². The van der Waals surface area contributed by atoms with E-state index in [4.69, 9.17) is 14.2 Å². The molecule has 5 heteroatoms. The number of Topliss-reactive ketones (excluding diaryl/α,β-unsaturated/α-hetero) is 1. The van der Waals surface area contributed by atoms with E-state index in [2.05, 4.69) is 6.92 Å². The normalized spacial score (nSPS) is 10.8. The molecule has 0 amide bonds. The first-order valence-corrected chi connectivity index (χ1v) is 8.74. The molecular weight excluding hydrogens is 342 g/mol. The molecule has 2 aromatic carbocycles. The second kappa shape index (κ2) is 10.0. The Bertz CT molecular complexity index is 865. The van der Waals surface area contributed by atoms with Crippen LogP contribution in [0.25, 0.3) is 6.08 Å². The minimum atomic E-state index is -0.362. The van der Waals surface area contributed by atoms with Gasteiger partial charge in [-0.05, 0) is 42.3 Å². The zero-order valence-corrected chi connectivity index (χ0v) is 15.8. The number of ether oxygens (including phenoxy) is 3. The van der Waals surface area contributed by atoms with Crippen molar-refractivity contribution in [3.8, 4) is 23.3 Å². The van der Waals surface area contributed by atoms with Crippen molar-refractivity contribution in [2.45, 2.75) is 19.8 Å². The molecule has 27 heavy (non-hydrogen) atoms. The standard InChI is InChI=1S/C22H23NO4/c1-4-5-11-27-20-10-9-16(13-21(20)26-3)12-18(15-23)22(24)17-7-6-8-19(14-17)25-2/h6-10,12-14H,4-5,11H2,1-3H3/b18-12+. The number of unbranched alkanes of at least 4 members (excludes halogenated alkanes) is 1. The molecule has 0 saturated heterocycles. The number of ketones is 1. The average Bonchev–Trinajstić information content (AvgIpc) is 2.72. The Morgan fingerprint density at radius 2 is 1.93 bits per heavy atom. The van der Waals surface area contributed by atoms with Gasteiger partial charge in [-0.2, -0.15) is 5.26 Å². The summed E-state index contributed by atoms with van der Waals surface area (Å²) in [5.41, 5.74) is 1.11. The van der Waals surface area contributed by atoms with Gasteiger partial charge in [0.25, 0.3) is 0 Å². The van der Waals surface area contributed by atoms with Crippen molar-refractivity contribution in [1.29, 1.82) is 5.26 Å². The largest absolute Gasteiger partial charge is 0.497 e. The van der Waals surface area contributed by atoms with Gasteiger partial charge < -0.3 is 14.2 Å². The van der Waals surface area contributed by atoms with Crippen LogP contribution in [0.2, 0.25) is 0 Å². The van der Waals surface area contributed by atoms with Crippen molar-refractivity contribution in [2.75, 3.05) is 20.8 Å². The lowest BCUT2D eigenvalue weighted by Gasteiger charge is -2.11. The van der Waals surface area contributed by atoms with Crippen LogP contribution in [0, 0.1) is 11.3 Å². The van der Waals surface area contributed by atoms with Crippen molar-refractivity contribution >= 4 is 11.9 Å². The maximum atomic E-state index is 12.6. The van der Waals surface area contributed by atoms with Crippen LogP contribution in [0.15, 0.2) is 48.0 Å². The molecule has 0 aliphatic heterocycles. The molecule has 140 valence electrons. The average molecular weight is 365 g/mol. The SMILES string of the molecule is CCCCOc1ccc(/C=C(\C#N)C(=O)c2cccc(OC)c2)cc1OC. The monoisotopic (exact) mass is 365 g/mol. The fourth-order valence-corrected chi connectivity index (χ4v) is 2.45. The second-order valence-electron chi connectivity index (χ2n) is 5.84. The molecule has 0 spiro atoms. The number of rotatable bonds is 9. The van der Waals surface area contributed by atoms with E-state index in [0.717, 1.165) is 12.8 Å². The van der Waals surface area contributed by atoms with Gasteiger partial charge in [-0.1, -0.05) is 31.5 Å². The summed E-state index contributed by atoms with van der Waals surface area (Å²) >= 11 is 0. The number of nitriles is 1. The number of benzene rings is 2. The van der Waals surface area contributed by atoms with E-state index in [1.807, 2.05) is 6.07 Å². The van der Waals surface area contributed by atoms with Crippen LogP contribution in [0.1, 0.15) is 35.7 Å². The summed E-state index contributed by atoms with van der Waals surface area (Å²) in [4.78, 5) is 12.6. The van der Waals surface area contributed by atoms with E-state index in [9.17, 15) is 10.1 Å². The Kier molecular flexibility index (Phi) is 7.45. The number of carbonyl (C=O) groups excluding carboxylic acids is 1. The number of allylic oxidation sites excluding steroid dienone is 1. The summed E-state index contributed by atoms with van der Waals surface area (Å²) in [6.45, 7) is 2.71. The van der Waals surface area contributed by atoms with E-state index in [0.29, 0.717) is 35.0 Å². The summed E-state index contributed by atoms with van der Waals surface area (Å²) in [5, 5.41) is 9.44. The summed E-state index contributed by atoms with van der Waals surface area (Å²) in [5.74, 6) is 1.40. The highest BCUT2D eigenvalue weighted by Gasteiger charge is 2.14. The van der Waals surface area contributed by atoms with Crippen molar-refractivity contribution in [3.05, 3.63) is 59.2 Å². The third-order valence-corrected chi connectivity index (χ3v) is 3.95. The predicted molar refractivity (Wildman–Crippen MR) is 104 cm³/mol. The van der Waals surface area contributed by atoms with E-state index in [1.165, 1.54) is 7.11 Å². The van der Waals surface area contributed by atoms with Crippen LogP contribution in [0.4, 0.5) is 0 Å². The van der Waals surface area contributed by atoms with Gasteiger partial charge in [0.2, 0.25) is 5.78 Å². The Morgan fingerprint density at radius 1 is 1.11 bits per heavy atom. The number of hydrogen-bond acceptors (Lipinski definition) is 5. The van der Waals surface area contributed by atoms with Crippen molar-refractivity contribution < 1.29 is 19.0 Å². The summed E-state index contributed by atoms with van der Waals surface area (Å²) in [6.07, 6.45) is 3.54. The predicted octanol–water partition coefficient (Wildman–Crippen LogP) is 4.67. The zero-order chi connectivity index (χ0) is 19.6. The first kappa shape index (κ1) is 20.1. The molecule has 0 radical (unpaired) electrons. The van der Waals surface area contributed by atoms with Gasteiger partial charge in [-0.25, -0.2) is 0 Å². The summed E-state index contributed by atoms with van der Waals surface area (Å²) in [7, 11) is 3.09. The molecule has 0 N–H and O–H groups in total. The van der Waals surface area contributed by atoms with Gasteiger partial charge in [-0.3, -0.25) is 4.79 Å². The highest BCUT2D eigenvalue weighted by Crippen LogP contribution is 2.29. The van der Waals surface area contributed by atoms with Gasteiger partial charge in [0.15, 0.2) is 11.5 Å². The molecule has 0 unspecified atom stereocenters. The number of nitrogens with zero attached hydrogens (tertiary/aromatic N) is 1. The van der Waals surface area contributed by atoms with E-state index >= 15 is 0 Å². The molecule has 2 aromatic rings. The topological polar surface area (TPSA) is 68.5 Å². The van der Waals surface area contributed by atoms with E-state index < -0.39 is 0 Å². The smallest absolute Gasteiger partial charge is 0.203 e. The maximum Gasteiger partial charge on any atom is 0.203 e. The number of carbonyl (C=O) groups is 1. The molecule has 0 bridgehead atoms. The summed E-state index contributed by atoms with van der Waals surface area (Å²) in [6, 6.07) is 14.0. The van der Waals surface area contributed by atoms with Gasteiger partial charge in [0.05, 0.1) is 20.8 Å². The quantitative estimate of drug-likeness (QED) is 0.279. The minimum absolute atomic E-state index is 0.0324. The molecule has 0 fully saturated rings. The lowest BCUT2D eigenvalue weighted by atomic mass is 10.0. The van der Waals surface area contributed by atoms with Gasteiger partial charge in [0, 0.05) is 5.56 Å². The number of methoxy groups -OCH3 is 2. The van der Waals surface area contributed by atoms with Crippen LogP contribution >= 0.6 is 0 Å². The van der Waals surface area contributed by atoms with Gasteiger partial charge >= 0.3 is 0 Å². The Morgan fingerprint density at radius 3 is 2.59 bits per heavy atom. The molecule has 0 aromatic heterocycles. The van der Waals surface area contributed by atoms with E-state index in [-0.39, 0.29) is 11.4 Å².